The first-order valence-electron chi connectivity index (χ1n) is 8.37. The van der Waals surface area contributed by atoms with Gasteiger partial charge in [0.05, 0.1) is 12.7 Å². The fourth-order valence-corrected chi connectivity index (χ4v) is 2.38. The Balaban J connectivity index is 1.96. The summed E-state index contributed by atoms with van der Waals surface area (Å²) in [5.41, 5.74) is 1.10. The van der Waals surface area contributed by atoms with Crippen molar-refractivity contribution in [2.45, 2.75) is 26.5 Å². The second-order valence-corrected chi connectivity index (χ2v) is 5.93. The first-order chi connectivity index (χ1) is 12.0. The predicted molar refractivity (Wildman–Crippen MR) is 97.1 cm³/mol. The molecule has 7 heteroatoms. The third-order valence-corrected chi connectivity index (χ3v) is 3.54. The Morgan fingerprint density at radius 1 is 1.44 bits per heavy atom. The Kier molecular flexibility index (Phi) is 6.80. The Hall–Kier alpha value is -2.57. The minimum atomic E-state index is -0.362. The van der Waals surface area contributed by atoms with Crippen molar-refractivity contribution in [2.24, 2.45) is 12.0 Å². The van der Waals surface area contributed by atoms with E-state index >= 15 is 0 Å². The molecule has 1 heterocycles. The van der Waals surface area contributed by atoms with Gasteiger partial charge in [0, 0.05) is 38.9 Å². The normalized spacial score (nSPS) is 12.8. The van der Waals surface area contributed by atoms with Crippen molar-refractivity contribution >= 4 is 5.96 Å². The van der Waals surface area contributed by atoms with E-state index in [0.29, 0.717) is 13.1 Å². The number of benzene rings is 1. The number of hydrogen-bond donors (Lipinski definition) is 1. The Labute approximate surface area is 148 Å². The lowest BCUT2D eigenvalue weighted by atomic mass is 10.3. The van der Waals surface area contributed by atoms with Crippen molar-refractivity contribution < 1.29 is 9.13 Å². The van der Waals surface area contributed by atoms with Gasteiger partial charge in [-0.1, -0.05) is 12.1 Å². The Morgan fingerprint density at radius 2 is 2.20 bits per heavy atom. The van der Waals surface area contributed by atoms with Gasteiger partial charge in [-0.2, -0.15) is 5.10 Å². The van der Waals surface area contributed by atoms with Crippen LogP contribution in [0.15, 0.2) is 41.7 Å². The van der Waals surface area contributed by atoms with E-state index in [0.717, 1.165) is 18.1 Å². The molecule has 0 fully saturated rings. The summed E-state index contributed by atoms with van der Waals surface area (Å²) in [4.78, 5) is 6.62. The molecule has 0 aliphatic rings. The van der Waals surface area contributed by atoms with Crippen LogP contribution >= 0.6 is 0 Å². The second-order valence-electron chi connectivity index (χ2n) is 5.93. The molecule has 0 amide bonds. The third-order valence-electron chi connectivity index (χ3n) is 3.54. The number of nitrogens with one attached hydrogen (secondary N) is 1. The zero-order valence-corrected chi connectivity index (χ0v) is 15.2. The van der Waals surface area contributed by atoms with Crippen LogP contribution < -0.4 is 10.1 Å². The fourth-order valence-electron chi connectivity index (χ4n) is 2.38. The number of aliphatic imine (C=N–C) groups is 1. The monoisotopic (exact) mass is 347 g/mol. The standard InChI is InChI=1S/C18H26FN5O/c1-5-20-18(23(3)12-15-11-22-24(4)13-15)21-10-14(2)25-17-9-7-6-8-16(17)19/h6-9,11,13-14H,5,10,12H2,1-4H3,(H,20,21). The van der Waals surface area contributed by atoms with Crippen LogP contribution in [0.2, 0.25) is 0 Å². The van der Waals surface area contributed by atoms with Gasteiger partial charge in [-0.25, -0.2) is 9.38 Å². The van der Waals surface area contributed by atoms with E-state index in [9.17, 15) is 4.39 Å². The molecule has 1 aromatic heterocycles. The van der Waals surface area contributed by atoms with Gasteiger partial charge < -0.3 is 15.0 Å². The molecular weight excluding hydrogens is 321 g/mol. The lowest BCUT2D eigenvalue weighted by molar-refractivity contribution is 0.219. The van der Waals surface area contributed by atoms with Crippen LogP contribution in [0.5, 0.6) is 5.75 Å². The Bertz CT molecular complexity index is 700. The molecule has 0 bridgehead atoms. The van der Waals surface area contributed by atoms with Crippen molar-refractivity contribution in [3.8, 4) is 5.75 Å². The van der Waals surface area contributed by atoms with E-state index in [1.165, 1.54) is 6.07 Å². The van der Waals surface area contributed by atoms with Crippen molar-refractivity contribution in [2.75, 3.05) is 20.1 Å². The first-order valence-corrected chi connectivity index (χ1v) is 8.37. The molecular formula is C18H26FN5O. The molecule has 0 spiro atoms. The molecule has 0 aliphatic heterocycles. The highest BCUT2D eigenvalue weighted by Gasteiger charge is 2.11. The van der Waals surface area contributed by atoms with E-state index in [-0.39, 0.29) is 17.7 Å². The zero-order valence-electron chi connectivity index (χ0n) is 15.2. The van der Waals surface area contributed by atoms with E-state index in [2.05, 4.69) is 15.4 Å². The highest BCUT2D eigenvalue weighted by Crippen LogP contribution is 2.17. The van der Waals surface area contributed by atoms with Crippen LogP contribution in [0.3, 0.4) is 0 Å². The van der Waals surface area contributed by atoms with Gasteiger partial charge in [-0.05, 0) is 26.0 Å². The van der Waals surface area contributed by atoms with Crippen LogP contribution in [0.1, 0.15) is 19.4 Å². The lowest BCUT2D eigenvalue weighted by Gasteiger charge is -2.22. The summed E-state index contributed by atoms with van der Waals surface area (Å²) in [7, 11) is 3.86. The highest BCUT2D eigenvalue weighted by molar-refractivity contribution is 5.79. The second kappa shape index (κ2) is 9.05. The minimum absolute atomic E-state index is 0.239. The maximum Gasteiger partial charge on any atom is 0.194 e. The molecule has 0 saturated heterocycles. The van der Waals surface area contributed by atoms with E-state index in [1.807, 2.05) is 45.2 Å². The summed E-state index contributed by atoms with van der Waals surface area (Å²) in [6, 6.07) is 6.40. The lowest BCUT2D eigenvalue weighted by Crippen LogP contribution is -2.39. The van der Waals surface area contributed by atoms with Crippen LogP contribution in [0, 0.1) is 5.82 Å². The number of halogens is 1. The van der Waals surface area contributed by atoms with Crippen molar-refractivity contribution in [1.82, 2.24) is 20.0 Å². The number of hydrogen-bond acceptors (Lipinski definition) is 3. The van der Waals surface area contributed by atoms with Crippen molar-refractivity contribution in [3.05, 3.63) is 48.0 Å². The van der Waals surface area contributed by atoms with Gasteiger partial charge in [0.1, 0.15) is 6.10 Å². The molecule has 2 aromatic rings. The number of rotatable bonds is 7. The summed E-state index contributed by atoms with van der Waals surface area (Å²) in [5, 5.41) is 7.44. The number of aryl methyl sites for hydroxylation is 1. The highest BCUT2D eigenvalue weighted by atomic mass is 19.1. The van der Waals surface area contributed by atoms with Crippen molar-refractivity contribution in [3.63, 3.8) is 0 Å². The topological polar surface area (TPSA) is 54.7 Å². The van der Waals surface area contributed by atoms with E-state index in [1.54, 1.807) is 22.9 Å². The smallest absolute Gasteiger partial charge is 0.194 e. The van der Waals surface area contributed by atoms with E-state index < -0.39 is 0 Å². The summed E-state index contributed by atoms with van der Waals surface area (Å²) < 4.78 is 21.1. The van der Waals surface area contributed by atoms with Crippen LogP contribution in [-0.4, -0.2) is 46.9 Å². The molecule has 1 atom stereocenters. The number of ether oxygens (including phenoxy) is 1. The summed E-state index contributed by atoms with van der Waals surface area (Å²) in [5.74, 6) is 0.660. The summed E-state index contributed by atoms with van der Waals surface area (Å²) in [6.07, 6.45) is 3.57. The molecule has 25 heavy (non-hydrogen) atoms. The maximum absolute atomic E-state index is 13.7. The van der Waals surface area contributed by atoms with Gasteiger partial charge in [0.15, 0.2) is 17.5 Å². The van der Waals surface area contributed by atoms with Gasteiger partial charge in [-0.15, -0.1) is 0 Å². The van der Waals surface area contributed by atoms with Gasteiger partial charge >= 0.3 is 0 Å². The van der Waals surface area contributed by atoms with Crippen molar-refractivity contribution in [1.29, 1.82) is 0 Å². The number of nitrogens with zero attached hydrogens (tertiary/aromatic N) is 4. The average molecular weight is 347 g/mol. The number of para-hydroxylation sites is 1. The summed E-state index contributed by atoms with van der Waals surface area (Å²) >= 11 is 0. The molecule has 136 valence electrons. The quantitative estimate of drug-likeness (QED) is 0.617. The third kappa shape index (κ3) is 5.77. The molecule has 0 saturated carbocycles. The number of guanidine groups is 1. The van der Waals surface area contributed by atoms with Crippen LogP contribution in [0.4, 0.5) is 4.39 Å². The predicted octanol–water partition coefficient (Wildman–Crippen LogP) is 2.42. The first kappa shape index (κ1) is 18.8. The SMILES string of the molecule is CCNC(=NCC(C)Oc1ccccc1F)N(C)Cc1cnn(C)c1. The fraction of sp³-hybridized carbons (Fsp3) is 0.444. The minimum Gasteiger partial charge on any atom is -0.486 e. The van der Waals surface area contributed by atoms with E-state index in [4.69, 9.17) is 4.74 Å². The molecule has 6 nitrogen and oxygen atoms in total. The van der Waals surface area contributed by atoms with Gasteiger partial charge in [-0.3, -0.25) is 4.68 Å². The maximum atomic E-state index is 13.7. The molecule has 2 rings (SSSR count). The molecule has 1 unspecified atom stereocenters. The Morgan fingerprint density at radius 3 is 2.84 bits per heavy atom. The molecule has 1 aromatic carbocycles. The molecule has 0 radical (unpaired) electrons. The van der Waals surface area contributed by atoms with Gasteiger partial charge in [0.2, 0.25) is 0 Å². The zero-order chi connectivity index (χ0) is 18.2. The van der Waals surface area contributed by atoms with Crippen LogP contribution in [0.25, 0.3) is 0 Å². The average Bonchev–Trinajstić information content (AvgIpc) is 2.98. The number of aromatic nitrogens is 2. The molecule has 0 aliphatic carbocycles. The largest absolute Gasteiger partial charge is 0.486 e. The van der Waals surface area contributed by atoms with Crippen LogP contribution in [-0.2, 0) is 13.6 Å². The summed E-state index contributed by atoms with van der Waals surface area (Å²) in [6.45, 7) is 5.78. The molecule has 1 N–H and O–H groups in total. The van der Waals surface area contributed by atoms with Gasteiger partial charge in [0.25, 0.3) is 0 Å².